The Morgan fingerprint density at radius 2 is 2.20 bits per heavy atom. The van der Waals surface area contributed by atoms with Gasteiger partial charge in [0.1, 0.15) is 0 Å². The molecular formula is C14H17N5O. The maximum Gasteiger partial charge on any atom is 0.227 e. The van der Waals surface area contributed by atoms with Crippen LogP contribution in [0.2, 0.25) is 0 Å². The first kappa shape index (κ1) is 12.8. The molecule has 6 heteroatoms. The highest BCUT2D eigenvalue weighted by atomic mass is 16.1. The molecule has 2 N–H and O–H groups in total. The Morgan fingerprint density at radius 3 is 2.95 bits per heavy atom. The largest absolute Gasteiger partial charge is 0.323 e. The van der Waals surface area contributed by atoms with Crippen LogP contribution in [-0.2, 0) is 4.79 Å². The fourth-order valence-corrected chi connectivity index (χ4v) is 2.33. The van der Waals surface area contributed by atoms with Gasteiger partial charge in [-0.05, 0) is 38.1 Å². The third-order valence-electron chi connectivity index (χ3n) is 3.44. The molecule has 2 aromatic rings. The summed E-state index contributed by atoms with van der Waals surface area (Å²) < 4.78 is 1.65. The number of aromatic nitrogens is 3. The van der Waals surface area contributed by atoms with Gasteiger partial charge in [-0.3, -0.25) is 4.79 Å². The first-order chi connectivity index (χ1) is 9.83. The predicted molar refractivity (Wildman–Crippen MR) is 75.6 cm³/mol. The Labute approximate surface area is 117 Å². The molecule has 0 bridgehead atoms. The van der Waals surface area contributed by atoms with Crippen molar-refractivity contribution in [3.05, 3.63) is 36.8 Å². The van der Waals surface area contributed by atoms with Gasteiger partial charge in [0.2, 0.25) is 5.91 Å². The van der Waals surface area contributed by atoms with Crippen molar-refractivity contribution < 1.29 is 4.79 Å². The van der Waals surface area contributed by atoms with Gasteiger partial charge in [0.15, 0.2) is 5.82 Å². The van der Waals surface area contributed by atoms with E-state index < -0.39 is 0 Å². The van der Waals surface area contributed by atoms with Crippen molar-refractivity contribution in [2.24, 2.45) is 5.92 Å². The van der Waals surface area contributed by atoms with Crippen LogP contribution in [0.15, 0.2) is 36.8 Å². The number of nitrogens with zero attached hydrogens (tertiary/aromatic N) is 3. The Hall–Kier alpha value is -2.21. The average Bonchev–Trinajstić information content (AvgIpc) is 2.97. The zero-order valence-electron chi connectivity index (χ0n) is 11.1. The molecule has 1 amide bonds. The molecule has 0 aliphatic carbocycles. The Morgan fingerprint density at radius 1 is 1.35 bits per heavy atom. The number of anilines is 1. The quantitative estimate of drug-likeness (QED) is 0.880. The number of pyridine rings is 1. The number of nitrogens with one attached hydrogen (secondary N) is 2. The van der Waals surface area contributed by atoms with E-state index in [1.165, 1.54) is 0 Å². The van der Waals surface area contributed by atoms with Gasteiger partial charge in [-0.1, -0.05) is 6.07 Å². The summed E-state index contributed by atoms with van der Waals surface area (Å²) in [5.41, 5.74) is 0.708. The molecule has 0 unspecified atom stereocenters. The SMILES string of the molecule is O=C(Nc1cnn(-c2ccccn2)c1)C1CCNCC1. The van der Waals surface area contributed by atoms with Crippen LogP contribution < -0.4 is 10.6 Å². The zero-order valence-corrected chi connectivity index (χ0v) is 11.1. The Kier molecular flexibility index (Phi) is 3.73. The lowest BCUT2D eigenvalue weighted by molar-refractivity contribution is -0.120. The van der Waals surface area contributed by atoms with Gasteiger partial charge in [0.05, 0.1) is 18.1 Å². The summed E-state index contributed by atoms with van der Waals surface area (Å²) in [6, 6.07) is 5.62. The van der Waals surface area contributed by atoms with Gasteiger partial charge in [-0.25, -0.2) is 9.67 Å². The lowest BCUT2D eigenvalue weighted by Gasteiger charge is -2.21. The first-order valence-corrected chi connectivity index (χ1v) is 6.80. The van der Waals surface area contributed by atoms with E-state index >= 15 is 0 Å². The summed E-state index contributed by atoms with van der Waals surface area (Å²) in [7, 11) is 0. The zero-order chi connectivity index (χ0) is 13.8. The molecule has 0 atom stereocenters. The standard InChI is InChI=1S/C14H17N5O/c20-14(11-4-7-15-8-5-11)18-12-9-17-19(10-12)13-3-1-2-6-16-13/h1-3,6,9-11,15H,4-5,7-8H2,(H,18,20). The van der Waals surface area contributed by atoms with Crippen molar-refractivity contribution >= 4 is 11.6 Å². The third-order valence-corrected chi connectivity index (χ3v) is 3.44. The molecule has 2 aromatic heterocycles. The molecule has 0 radical (unpaired) electrons. The van der Waals surface area contributed by atoms with Gasteiger partial charge < -0.3 is 10.6 Å². The van der Waals surface area contributed by atoms with E-state index in [1.54, 1.807) is 23.3 Å². The Balaban J connectivity index is 1.66. The van der Waals surface area contributed by atoms with Crippen molar-refractivity contribution in [1.82, 2.24) is 20.1 Å². The van der Waals surface area contributed by atoms with Crippen molar-refractivity contribution in [3.8, 4) is 5.82 Å². The number of hydrogen-bond donors (Lipinski definition) is 2. The molecule has 1 aliphatic heterocycles. The van der Waals surface area contributed by atoms with Crippen LogP contribution in [0.4, 0.5) is 5.69 Å². The number of piperidine rings is 1. The van der Waals surface area contributed by atoms with E-state index in [4.69, 9.17) is 0 Å². The number of carbonyl (C=O) groups is 1. The van der Waals surface area contributed by atoms with Gasteiger partial charge in [-0.2, -0.15) is 5.10 Å². The minimum absolute atomic E-state index is 0.0760. The van der Waals surface area contributed by atoms with E-state index in [0.29, 0.717) is 5.69 Å². The predicted octanol–water partition coefficient (Wildman–Crippen LogP) is 1.21. The maximum atomic E-state index is 12.1. The summed E-state index contributed by atoms with van der Waals surface area (Å²) in [6.07, 6.45) is 6.92. The van der Waals surface area contributed by atoms with Crippen LogP contribution in [0.1, 0.15) is 12.8 Å². The molecule has 1 saturated heterocycles. The highest BCUT2D eigenvalue weighted by Gasteiger charge is 2.21. The topological polar surface area (TPSA) is 71.8 Å². The van der Waals surface area contributed by atoms with Crippen LogP contribution >= 0.6 is 0 Å². The van der Waals surface area contributed by atoms with E-state index in [0.717, 1.165) is 31.7 Å². The number of hydrogen-bond acceptors (Lipinski definition) is 4. The van der Waals surface area contributed by atoms with Crippen LogP contribution in [-0.4, -0.2) is 33.8 Å². The number of rotatable bonds is 3. The molecule has 0 saturated carbocycles. The molecule has 104 valence electrons. The summed E-state index contributed by atoms with van der Waals surface area (Å²) in [5.74, 6) is 0.899. The molecule has 1 aliphatic rings. The van der Waals surface area contributed by atoms with Crippen molar-refractivity contribution in [3.63, 3.8) is 0 Å². The van der Waals surface area contributed by atoms with E-state index in [1.807, 2.05) is 18.2 Å². The second-order valence-corrected chi connectivity index (χ2v) is 4.88. The smallest absolute Gasteiger partial charge is 0.227 e. The van der Waals surface area contributed by atoms with Crippen LogP contribution in [0.5, 0.6) is 0 Å². The molecule has 6 nitrogen and oxygen atoms in total. The van der Waals surface area contributed by atoms with Crippen molar-refractivity contribution in [2.75, 3.05) is 18.4 Å². The third kappa shape index (κ3) is 2.85. The molecule has 0 aromatic carbocycles. The minimum Gasteiger partial charge on any atom is -0.323 e. The molecule has 20 heavy (non-hydrogen) atoms. The van der Waals surface area contributed by atoms with E-state index in [-0.39, 0.29) is 11.8 Å². The van der Waals surface area contributed by atoms with Crippen LogP contribution in [0.25, 0.3) is 5.82 Å². The minimum atomic E-state index is 0.0760. The summed E-state index contributed by atoms with van der Waals surface area (Å²) in [4.78, 5) is 16.3. The second kappa shape index (κ2) is 5.83. The highest BCUT2D eigenvalue weighted by Crippen LogP contribution is 2.16. The lowest BCUT2D eigenvalue weighted by Crippen LogP contribution is -2.34. The second-order valence-electron chi connectivity index (χ2n) is 4.88. The molecule has 0 spiro atoms. The summed E-state index contributed by atoms with van der Waals surface area (Å²) >= 11 is 0. The monoisotopic (exact) mass is 271 g/mol. The number of amides is 1. The van der Waals surface area contributed by atoms with E-state index in [2.05, 4.69) is 20.7 Å². The number of carbonyl (C=O) groups excluding carboxylic acids is 1. The fraction of sp³-hybridized carbons (Fsp3) is 0.357. The van der Waals surface area contributed by atoms with Gasteiger partial charge in [-0.15, -0.1) is 0 Å². The van der Waals surface area contributed by atoms with Crippen molar-refractivity contribution in [2.45, 2.75) is 12.8 Å². The van der Waals surface area contributed by atoms with Crippen LogP contribution in [0, 0.1) is 5.92 Å². The first-order valence-electron chi connectivity index (χ1n) is 6.80. The van der Waals surface area contributed by atoms with Crippen LogP contribution in [0.3, 0.4) is 0 Å². The molecule has 3 heterocycles. The summed E-state index contributed by atoms with van der Waals surface area (Å²) in [6.45, 7) is 1.82. The Bertz CT molecular complexity index is 574. The summed E-state index contributed by atoms with van der Waals surface area (Å²) in [5, 5.41) is 10.4. The normalized spacial score (nSPS) is 16.0. The maximum absolute atomic E-state index is 12.1. The van der Waals surface area contributed by atoms with E-state index in [9.17, 15) is 4.79 Å². The van der Waals surface area contributed by atoms with Gasteiger partial charge in [0.25, 0.3) is 0 Å². The molecular weight excluding hydrogens is 254 g/mol. The lowest BCUT2D eigenvalue weighted by atomic mass is 9.97. The fourth-order valence-electron chi connectivity index (χ4n) is 2.33. The van der Waals surface area contributed by atoms with Crippen molar-refractivity contribution in [1.29, 1.82) is 0 Å². The molecule has 3 rings (SSSR count). The highest BCUT2D eigenvalue weighted by molar-refractivity contribution is 5.92. The average molecular weight is 271 g/mol. The van der Waals surface area contributed by atoms with Gasteiger partial charge in [0, 0.05) is 12.1 Å². The van der Waals surface area contributed by atoms with Gasteiger partial charge >= 0.3 is 0 Å². The molecule has 1 fully saturated rings.